The minimum atomic E-state index is -0.508. The molecule has 0 aliphatic carbocycles. The van der Waals surface area contributed by atoms with Crippen molar-refractivity contribution in [3.05, 3.63) is 76.4 Å². The van der Waals surface area contributed by atoms with Gasteiger partial charge in [-0.3, -0.25) is 0 Å². The molecule has 0 saturated carbocycles. The van der Waals surface area contributed by atoms with Crippen molar-refractivity contribution in [1.82, 2.24) is 10.2 Å². The molecule has 0 saturated heterocycles. The van der Waals surface area contributed by atoms with E-state index in [1.165, 1.54) is 6.07 Å². The number of benzene rings is 2. The van der Waals surface area contributed by atoms with Crippen LogP contribution in [0.2, 0.25) is 5.15 Å². The molecule has 5 nitrogen and oxygen atoms in total. The summed E-state index contributed by atoms with van der Waals surface area (Å²) in [6.07, 6.45) is 3.00. The Morgan fingerprint density at radius 2 is 1.79 bits per heavy atom. The zero-order valence-electron chi connectivity index (χ0n) is 15.8. The zero-order valence-corrected chi connectivity index (χ0v) is 16.6. The van der Waals surface area contributed by atoms with Crippen LogP contribution in [0, 0.1) is 6.92 Å². The van der Waals surface area contributed by atoms with E-state index in [2.05, 4.69) is 17.1 Å². The second-order valence-electron chi connectivity index (χ2n) is 6.35. The Balaban J connectivity index is 1.88. The van der Waals surface area contributed by atoms with Gasteiger partial charge in [-0.05, 0) is 43.0 Å². The second kappa shape index (κ2) is 9.33. The molecule has 6 heteroatoms. The number of aryl methyl sites for hydroxylation is 2. The second-order valence-corrected chi connectivity index (χ2v) is 6.74. The maximum Gasteiger partial charge on any atom is 0.343 e. The maximum atomic E-state index is 12.6. The number of carbonyl (C=O) groups excluding carboxylic acids is 1. The standard InChI is InChI=1S/C22H21ClN2O3/c1-3-4-10-16-11-6-8-13-18(16)27-21-19(14-20(23)24-25-21)28-22(26)17-12-7-5-9-15(17)2/h5-9,11-14H,3-4,10H2,1-2H3. The number of hydrogen-bond acceptors (Lipinski definition) is 5. The Kier molecular flexibility index (Phi) is 6.61. The number of hydrogen-bond donors (Lipinski definition) is 0. The summed E-state index contributed by atoms with van der Waals surface area (Å²) in [6.45, 7) is 3.98. The van der Waals surface area contributed by atoms with Gasteiger partial charge < -0.3 is 9.47 Å². The molecule has 144 valence electrons. The van der Waals surface area contributed by atoms with E-state index < -0.39 is 5.97 Å². The molecule has 0 fully saturated rings. The third-order valence-electron chi connectivity index (χ3n) is 4.24. The molecule has 0 spiro atoms. The molecule has 0 aliphatic rings. The van der Waals surface area contributed by atoms with Crippen LogP contribution in [0.3, 0.4) is 0 Å². The van der Waals surface area contributed by atoms with Crippen molar-refractivity contribution in [2.24, 2.45) is 0 Å². The van der Waals surface area contributed by atoms with Gasteiger partial charge in [0.15, 0.2) is 10.9 Å². The van der Waals surface area contributed by atoms with Gasteiger partial charge in [-0.2, -0.15) is 0 Å². The van der Waals surface area contributed by atoms with Crippen molar-refractivity contribution >= 4 is 17.6 Å². The number of ether oxygens (including phenoxy) is 2. The summed E-state index contributed by atoms with van der Waals surface area (Å²) in [5.41, 5.74) is 2.33. The van der Waals surface area contributed by atoms with Crippen molar-refractivity contribution < 1.29 is 14.3 Å². The van der Waals surface area contributed by atoms with E-state index in [9.17, 15) is 4.79 Å². The molecule has 0 atom stereocenters. The van der Waals surface area contributed by atoms with Gasteiger partial charge in [0, 0.05) is 6.07 Å². The fraction of sp³-hybridized carbons (Fsp3) is 0.227. The highest BCUT2D eigenvalue weighted by atomic mass is 35.5. The number of esters is 1. The summed E-state index contributed by atoms with van der Waals surface area (Å²) in [4.78, 5) is 12.6. The molecule has 0 amide bonds. The molecule has 3 rings (SSSR count). The smallest absolute Gasteiger partial charge is 0.343 e. The van der Waals surface area contributed by atoms with Crippen LogP contribution in [0.4, 0.5) is 0 Å². The van der Waals surface area contributed by atoms with Crippen LogP contribution in [-0.4, -0.2) is 16.2 Å². The first-order chi connectivity index (χ1) is 13.6. The number of unbranched alkanes of at least 4 members (excludes halogenated alkanes) is 1. The average molecular weight is 397 g/mol. The van der Waals surface area contributed by atoms with Gasteiger partial charge >= 0.3 is 5.97 Å². The molecule has 3 aromatic rings. The predicted molar refractivity (Wildman–Crippen MR) is 108 cm³/mol. The van der Waals surface area contributed by atoms with E-state index >= 15 is 0 Å². The van der Waals surface area contributed by atoms with E-state index in [1.54, 1.807) is 12.1 Å². The van der Waals surface area contributed by atoms with Gasteiger partial charge in [-0.1, -0.05) is 61.3 Å². The Bertz CT molecular complexity index is 976. The van der Waals surface area contributed by atoms with Crippen LogP contribution in [-0.2, 0) is 6.42 Å². The number of para-hydroxylation sites is 1. The van der Waals surface area contributed by atoms with Gasteiger partial charge in [0.05, 0.1) is 5.56 Å². The lowest BCUT2D eigenvalue weighted by Crippen LogP contribution is -2.11. The number of nitrogens with zero attached hydrogens (tertiary/aromatic N) is 2. The topological polar surface area (TPSA) is 61.3 Å². The lowest BCUT2D eigenvalue weighted by molar-refractivity contribution is 0.0728. The normalized spacial score (nSPS) is 10.5. The highest BCUT2D eigenvalue weighted by Gasteiger charge is 2.18. The first kappa shape index (κ1) is 19.8. The van der Waals surface area contributed by atoms with E-state index in [0.717, 1.165) is 30.4 Å². The molecule has 1 aromatic heterocycles. The van der Waals surface area contributed by atoms with Crippen LogP contribution < -0.4 is 9.47 Å². The molecular weight excluding hydrogens is 376 g/mol. The lowest BCUT2D eigenvalue weighted by Gasteiger charge is -2.13. The zero-order chi connectivity index (χ0) is 19.9. The highest BCUT2D eigenvalue weighted by molar-refractivity contribution is 6.29. The van der Waals surface area contributed by atoms with Crippen molar-refractivity contribution in [3.8, 4) is 17.4 Å². The lowest BCUT2D eigenvalue weighted by atomic mass is 10.1. The number of aromatic nitrogens is 2. The Morgan fingerprint density at radius 1 is 1.04 bits per heavy atom. The van der Waals surface area contributed by atoms with Crippen molar-refractivity contribution in [1.29, 1.82) is 0 Å². The van der Waals surface area contributed by atoms with Crippen LogP contribution in [0.15, 0.2) is 54.6 Å². The molecule has 1 heterocycles. The van der Waals surface area contributed by atoms with Crippen LogP contribution in [0.5, 0.6) is 17.4 Å². The highest BCUT2D eigenvalue weighted by Crippen LogP contribution is 2.33. The Hall–Kier alpha value is -2.92. The van der Waals surface area contributed by atoms with Gasteiger partial charge in [0.2, 0.25) is 0 Å². The van der Waals surface area contributed by atoms with E-state index in [1.807, 2.05) is 43.3 Å². The molecular formula is C22H21ClN2O3. The summed E-state index contributed by atoms with van der Waals surface area (Å²) in [5, 5.41) is 7.92. The fourth-order valence-corrected chi connectivity index (χ4v) is 2.86. The maximum absolute atomic E-state index is 12.6. The Labute approximate surface area is 169 Å². The minimum Gasteiger partial charge on any atom is -0.435 e. The molecule has 0 aliphatic heterocycles. The third-order valence-corrected chi connectivity index (χ3v) is 4.43. The first-order valence-electron chi connectivity index (χ1n) is 9.15. The summed E-state index contributed by atoms with van der Waals surface area (Å²) >= 11 is 5.96. The third kappa shape index (κ3) is 4.87. The quantitative estimate of drug-likeness (QED) is 0.473. The monoisotopic (exact) mass is 396 g/mol. The average Bonchev–Trinajstić information content (AvgIpc) is 2.69. The summed E-state index contributed by atoms with van der Waals surface area (Å²) < 4.78 is 11.5. The largest absolute Gasteiger partial charge is 0.435 e. The Morgan fingerprint density at radius 3 is 2.57 bits per heavy atom. The minimum absolute atomic E-state index is 0.0929. The predicted octanol–water partition coefficient (Wildman–Crippen LogP) is 5.79. The molecule has 0 radical (unpaired) electrons. The molecule has 0 N–H and O–H groups in total. The van der Waals surface area contributed by atoms with Crippen LogP contribution >= 0.6 is 11.6 Å². The van der Waals surface area contributed by atoms with E-state index in [4.69, 9.17) is 21.1 Å². The van der Waals surface area contributed by atoms with Crippen molar-refractivity contribution in [2.45, 2.75) is 33.1 Å². The first-order valence-corrected chi connectivity index (χ1v) is 9.53. The van der Waals surface area contributed by atoms with Crippen molar-refractivity contribution in [3.63, 3.8) is 0 Å². The molecule has 0 bridgehead atoms. The van der Waals surface area contributed by atoms with Gasteiger partial charge in [-0.15, -0.1) is 10.2 Å². The van der Waals surface area contributed by atoms with Crippen LogP contribution in [0.1, 0.15) is 41.3 Å². The fourth-order valence-electron chi connectivity index (χ4n) is 2.72. The van der Waals surface area contributed by atoms with E-state index in [-0.39, 0.29) is 16.8 Å². The SMILES string of the molecule is CCCCc1ccccc1Oc1nnc(Cl)cc1OC(=O)c1ccccc1C. The summed E-state index contributed by atoms with van der Waals surface area (Å²) in [6, 6.07) is 16.3. The molecule has 2 aromatic carbocycles. The van der Waals surface area contributed by atoms with Crippen LogP contribution in [0.25, 0.3) is 0 Å². The van der Waals surface area contributed by atoms with Crippen molar-refractivity contribution in [2.75, 3.05) is 0 Å². The van der Waals surface area contributed by atoms with Gasteiger partial charge in [0.25, 0.3) is 5.88 Å². The number of rotatable bonds is 7. The van der Waals surface area contributed by atoms with E-state index in [0.29, 0.717) is 11.3 Å². The van der Waals surface area contributed by atoms with Gasteiger partial charge in [0.1, 0.15) is 5.75 Å². The molecule has 0 unspecified atom stereocenters. The number of halogens is 1. The molecule has 28 heavy (non-hydrogen) atoms. The summed E-state index contributed by atoms with van der Waals surface area (Å²) in [5.74, 6) is 0.362. The van der Waals surface area contributed by atoms with Gasteiger partial charge in [-0.25, -0.2) is 4.79 Å². The number of carbonyl (C=O) groups is 1. The summed E-state index contributed by atoms with van der Waals surface area (Å²) in [7, 11) is 0.